The van der Waals surface area contributed by atoms with Crippen molar-refractivity contribution in [2.45, 2.75) is 19.3 Å². The number of piperidine rings is 1. The third-order valence-corrected chi connectivity index (χ3v) is 3.94. The molecule has 1 unspecified atom stereocenters. The second-order valence-corrected chi connectivity index (χ2v) is 5.52. The van der Waals surface area contributed by atoms with Crippen molar-refractivity contribution in [1.29, 1.82) is 0 Å². The number of amides is 2. The summed E-state index contributed by atoms with van der Waals surface area (Å²) < 4.78 is 0. The summed E-state index contributed by atoms with van der Waals surface area (Å²) in [6, 6.07) is 5.37. The summed E-state index contributed by atoms with van der Waals surface area (Å²) >= 11 is 0. The SMILES string of the molecule is O=C1Cc2cc(C(=O)NCC3CCCNC3)ccc2N1. The van der Waals surface area contributed by atoms with Crippen molar-refractivity contribution in [2.75, 3.05) is 25.0 Å². The van der Waals surface area contributed by atoms with Crippen LogP contribution in [0.4, 0.5) is 5.69 Å². The molecule has 0 aromatic heterocycles. The molecule has 5 nitrogen and oxygen atoms in total. The molecule has 20 heavy (non-hydrogen) atoms. The van der Waals surface area contributed by atoms with Crippen molar-refractivity contribution >= 4 is 17.5 Å². The molecule has 1 aromatic carbocycles. The van der Waals surface area contributed by atoms with Gasteiger partial charge >= 0.3 is 0 Å². The predicted octanol–water partition coefficient (Wildman–Crippen LogP) is 0.911. The van der Waals surface area contributed by atoms with Gasteiger partial charge in [0, 0.05) is 17.8 Å². The Morgan fingerprint density at radius 2 is 2.30 bits per heavy atom. The highest BCUT2D eigenvalue weighted by atomic mass is 16.2. The van der Waals surface area contributed by atoms with E-state index in [1.807, 2.05) is 6.07 Å². The van der Waals surface area contributed by atoms with Gasteiger partial charge in [0.05, 0.1) is 6.42 Å². The molecule has 1 aromatic rings. The molecule has 0 bridgehead atoms. The van der Waals surface area contributed by atoms with Crippen molar-refractivity contribution < 1.29 is 9.59 Å². The van der Waals surface area contributed by atoms with E-state index >= 15 is 0 Å². The first-order chi connectivity index (χ1) is 9.72. The Labute approximate surface area is 118 Å². The van der Waals surface area contributed by atoms with Gasteiger partial charge in [-0.05, 0) is 55.6 Å². The highest BCUT2D eigenvalue weighted by Gasteiger charge is 2.19. The average molecular weight is 273 g/mol. The number of hydrogen-bond acceptors (Lipinski definition) is 3. The minimum absolute atomic E-state index is 0.00848. The highest BCUT2D eigenvalue weighted by Crippen LogP contribution is 2.23. The van der Waals surface area contributed by atoms with E-state index in [9.17, 15) is 9.59 Å². The molecule has 2 aliphatic heterocycles. The minimum Gasteiger partial charge on any atom is -0.352 e. The van der Waals surface area contributed by atoms with Gasteiger partial charge in [0.1, 0.15) is 0 Å². The zero-order chi connectivity index (χ0) is 13.9. The third kappa shape index (κ3) is 2.82. The Hall–Kier alpha value is -1.88. The molecular weight excluding hydrogens is 254 g/mol. The molecule has 0 spiro atoms. The lowest BCUT2D eigenvalue weighted by Crippen LogP contribution is -2.38. The van der Waals surface area contributed by atoms with Crippen LogP contribution in [-0.4, -0.2) is 31.4 Å². The Bertz CT molecular complexity index is 536. The molecule has 3 rings (SSSR count). The summed E-state index contributed by atoms with van der Waals surface area (Å²) in [7, 11) is 0. The van der Waals surface area contributed by atoms with E-state index in [2.05, 4.69) is 16.0 Å². The van der Waals surface area contributed by atoms with E-state index in [4.69, 9.17) is 0 Å². The van der Waals surface area contributed by atoms with Gasteiger partial charge in [-0.2, -0.15) is 0 Å². The third-order valence-electron chi connectivity index (χ3n) is 3.94. The normalized spacial score (nSPS) is 21.2. The monoisotopic (exact) mass is 273 g/mol. The number of fused-ring (bicyclic) bond motifs is 1. The first-order valence-corrected chi connectivity index (χ1v) is 7.14. The Morgan fingerprint density at radius 3 is 3.10 bits per heavy atom. The van der Waals surface area contributed by atoms with Crippen LogP contribution in [0, 0.1) is 5.92 Å². The summed E-state index contributed by atoms with van der Waals surface area (Å²) in [6.07, 6.45) is 2.70. The number of benzene rings is 1. The minimum atomic E-state index is -0.0577. The molecule has 0 radical (unpaired) electrons. The summed E-state index contributed by atoms with van der Waals surface area (Å²) in [6.45, 7) is 2.76. The zero-order valence-electron chi connectivity index (χ0n) is 11.4. The van der Waals surface area contributed by atoms with Crippen LogP contribution in [0.5, 0.6) is 0 Å². The predicted molar refractivity (Wildman–Crippen MR) is 76.7 cm³/mol. The van der Waals surface area contributed by atoms with Crippen molar-refractivity contribution in [3.8, 4) is 0 Å². The van der Waals surface area contributed by atoms with E-state index in [0.717, 1.165) is 30.8 Å². The fourth-order valence-electron chi connectivity index (χ4n) is 2.81. The first kappa shape index (κ1) is 13.1. The molecule has 2 heterocycles. The molecule has 0 saturated carbocycles. The van der Waals surface area contributed by atoms with E-state index in [0.29, 0.717) is 24.4 Å². The van der Waals surface area contributed by atoms with Crippen LogP contribution in [0.3, 0.4) is 0 Å². The standard InChI is InChI=1S/C15H19N3O2/c19-14-7-12-6-11(3-4-13(12)18-14)15(20)17-9-10-2-1-5-16-8-10/h3-4,6,10,16H,1-2,5,7-9H2,(H,17,20)(H,18,19). The summed E-state index contributed by atoms with van der Waals surface area (Å²) in [5.41, 5.74) is 2.36. The Morgan fingerprint density at radius 1 is 1.40 bits per heavy atom. The van der Waals surface area contributed by atoms with Crippen molar-refractivity contribution in [3.05, 3.63) is 29.3 Å². The maximum atomic E-state index is 12.1. The molecule has 1 fully saturated rings. The van der Waals surface area contributed by atoms with Crippen LogP contribution < -0.4 is 16.0 Å². The molecule has 2 aliphatic rings. The molecule has 2 amide bonds. The van der Waals surface area contributed by atoms with Gasteiger partial charge in [-0.15, -0.1) is 0 Å². The number of anilines is 1. The van der Waals surface area contributed by atoms with Crippen molar-refractivity contribution in [1.82, 2.24) is 10.6 Å². The second-order valence-electron chi connectivity index (χ2n) is 5.52. The molecule has 1 saturated heterocycles. The van der Waals surface area contributed by atoms with Gasteiger partial charge in [0.25, 0.3) is 5.91 Å². The topological polar surface area (TPSA) is 70.2 Å². The lowest BCUT2D eigenvalue weighted by Gasteiger charge is -2.22. The number of rotatable bonds is 3. The summed E-state index contributed by atoms with van der Waals surface area (Å²) in [5, 5.41) is 9.10. The molecule has 3 N–H and O–H groups in total. The molecular formula is C15H19N3O2. The van der Waals surface area contributed by atoms with Crippen LogP contribution in [0.2, 0.25) is 0 Å². The Balaban J connectivity index is 1.60. The molecule has 106 valence electrons. The summed E-state index contributed by atoms with van der Waals surface area (Å²) in [4.78, 5) is 23.4. The number of nitrogens with one attached hydrogen (secondary N) is 3. The maximum absolute atomic E-state index is 12.1. The van der Waals surface area contributed by atoms with E-state index < -0.39 is 0 Å². The van der Waals surface area contributed by atoms with Crippen LogP contribution in [0.25, 0.3) is 0 Å². The second kappa shape index (κ2) is 5.63. The van der Waals surface area contributed by atoms with Gasteiger partial charge < -0.3 is 16.0 Å². The van der Waals surface area contributed by atoms with Gasteiger partial charge in [0.2, 0.25) is 5.91 Å². The van der Waals surface area contributed by atoms with E-state index in [1.165, 1.54) is 6.42 Å². The average Bonchev–Trinajstić information content (AvgIpc) is 2.85. The first-order valence-electron chi connectivity index (χ1n) is 7.14. The smallest absolute Gasteiger partial charge is 0.251 e. The Kier molecular flexibility index (Phi) is 3.69. The fourth-order valence-corrected chi connectivity index (χ4v) is 2.81. The number of carbonyl (C=O) groups is 2. The van der Waals surface area contributed by atoms with Crippen molar-refractivity contribution in [2.24, 2.45) is 5.92 Å². The van der Waals surface area contributed by atoms with Gasteiger partial charge in [0.15, 0.2) is 0 Å². The number of hydrogen-bond donors (Lipinski definition) is 3. The maximum Gasteiger partial charge on any atom is 0.251 e. The van der Waals surface area contributed by atoms with Gasteiger partial charge in [-0.1, -0.05) is 0 Å². The van der Waals surface area contributed by atoms with Crippen LogP contribution in [-0.2, 0) is 11.2 Å². The van der Waals surface area contributed by atoms with Gasteiger partial charge in [-0.25, -0.2) is 0 Å². The summed E-state index contributed by atoms with van der Waals surface area (Å²) in [5.74, 6) is 0.453. The lowest BCUT2D eigenvalue weighted by molar-refractivity contribution is -0.115. The van der Waals surface area contributed by atoms with E-state index in [-0.39, 0.29) is 11.8 Å². The fraction of sp³-hybridized carbons (Fsp3) is 0.467. The van der Waals surface area contributed by atoms with Crippen molar-refractivity contribution in [3.63, 3.8) is 0 Å². The molecule has 0 aliphatic carbocycles. The zero-order valence-corrected chi connectivity index (χ0v) is 11.4. The van der Waals surface area contributed by atoms with Crippen LogP contribution >= 0.6 is 0 Å². The molecule has 5 heteroatoms. The van der Waals surface area contributed by atoms with E-state index in [1.54, 1.807) is 12.1 Å². The highest BCUT2D eigenvalue weighted by molar-refractivity contribution is 6.01. The van der Waals surface area contributed by atoms with Crippen LogP contribution in [0.15, 0.2) is 18.2 Å². The van der Waals surface area contributed by atoms with Crippen LogP contribution in [0.1, 0.15) is 28.8 Å². The van der Waals surface area contributed by atoms with Gasteiger partial charge in [-0.3, -0.25) is 9.59 Å². The number of carbonyl (C=O) groups excluding carboxylic acids is 2. The quantitative estimate of drug-likeness (QED) is 0.766. The molecule has 1 atom stereocenters. The largest absolute Gasteiger partial charge is 0.352 e. The lowest BCUT2D eigenvalue weighted by atomic mass is 9.99.